The smallest absolute Gasteiger partial charge is 0.265 e. The van der Waals surface area contributed by atoms with Crippen LogP contribution in [0.1, 0.15) is 23.3 Å². The fourth-order valence-electron chi connectivity index (χ4n) is 1.94. The lowest BCUT2D eigenvalue weighted by Crippen LogP contribution is -2.43. The molecule has 0 amide bonds. The van der Waals surface area contributed by atoms with Crippen LogP contribution in [0.2, 0.25) is 0 Å². The monoisotopic (exact) mass is 226 g/mol. The molecule has 86 valence electrons. The van der Waals surface area contributed by atoms with Crippen molar-refractivity contribution in [3.63, 3.8) is 0 Å². The van der Waals surface area contributed by atoms with Gasteiger partial charge in [-0.3, -0.25) is 9.78 Å². The lowest BCUT2D eigenvalue weighted by Gasteiger charge is -2.34. The van der Waals surface area contributed by atoms with E-state index >= 15 is 0 Å². The number of piperidine rings is 1. The highest BCUT2D eigenvalue weighted by atomic mass is 19.3. The minimum Gasteiger partial charge on any atom is -0.364 e. The van der Waals surface area contributed by atoms with Gasteiger partial charge in [0, 0.05) is 19.2 Å². The third-order valence-corrected chi connectivity index (χ3v) is 2.66. The molecule has 0 saturated carbocycles. The van der Waals surface area contributed by atoms with Crippen molar-refractivity contribution in [1.82, 2.24) is 4.98 Å². The normalized spacial score (nSPS) is 19.5. The van der Waals surface area contributed by atoms with Gasteiger partial charge in [0.2, 0.25) is 0 Å². The van der Waals surface area contributed by atoms with Crippen LogP contribution < -0.4 is 4.90 Å². The first kappa shape index (κ1) is 11.0. The van der Waals surface area contributed by atoms with Gasteiger partial charge in [0.15, 0.2) is 6.29 Å². The van der Waals surface area contributed by atoms with Gasteiger partial charge in [0.1, 0.15) is 5.69 Å². The molecule has 2 rings (SSSR count). The van der Waals surface area contributed by atoms with Gasteiger partial charge in [0.05, 0.1) is 12.2 Å². The quantitative estimate of drug-likeness (QED) is 0.724. The predicted molar refractivity (Wildman–Crippen MR) is 56.0 cm³/mol. The molecular formula is C11H12F2N2O. The molecule has 1 saturated heterocycles. The number of pyridine rings is 1. The van der Waals surface area contributed by atoms with Crippen LogP contribution in [0.15, 0.2) is 18.3 Å². The second kappa shape index (κ2) is 4.15. The zero-order valence-electron chi connectivity index (χ0n) is 8.70. The number of carbonyl (C=O) groups excluding carboxylic acids is 1. The Morgan fingerprint density at radius 3 is 3.00 bits per heavy atom. The average molecular weight is 226 g/mol. The number of hydrogen-bond acceptors (Lipinski definition) is 3. The van der Waals surface area contributed by atoms with E-state index in [1.165, 1.54) is 11.1 Å². The Bertz CT molecular complexity index is 395. The Hall–Kier alpha value is -1.52. The SMILES string of the molecule is O=Cc1ncccc1N1CCCC(F)(F)C1. The van der Waals surface area contributed by atoms with Crippen molar-refractivity contribution >= 4 is 12.0 Å². The zero-order valence-corrected chi connectivity index (χ0v) is 8.70. The van der Waals surface area contributed by atoms with Gasteiger partial charge in [-0.2, -0.15) is 0 Å². The standard InChI is InChI=1S/C11H12F2N2O/c12-11(13)4-2-6-15(8-11)10-3-1-5-14-9(10)7-16/h1,3,5,7H,2,4,6,8H2. The number of rotatable bonds is 2. The number of anilines is 1. The molecule has 1 aromatic heterocycles. The van der Waals surface area contributed by atoms with Gasteiger partial charge in [-0.15, -0.1) is 0 Å². The molecule has 1 aliphatic heterocycles. The Morgan fingerprint density at radius 2 is 2.31 bits per heavy atom. The van der Waals surface area contributed by atoms with Gasteiger partial charge < -0.3 is 4.90 Å². The number of halogens is 2. The van der Waals surface area contributed by atoms with Crippen LogP contribution in [0.25, 0.3) is 0 Å². The average Bonchev–Trinajstić information content (AvgIpc) is 2.27. The van der Waals surface area contributed by atoms with Gasteiger partial charge in [-0.05, 0) is 18.6 Å². The fourth-order valence-corrected chi connectivity index (χ4v) is 1.94. The van der Waals surface area contributed by atoms with E-state index in [9.17, 15) is 13.6 Å². The van der Waals surface area contributed by atoms with E-state index in [1.54, 1.807) is 12.1 Å². The van der Waals surface area contributed by atoms with Gasteiger partial charge >= 0.3 is 0 Å². The first-order chi connectivity index (χ1) is 7.62. The topological polar surface area (TPSA) is 33.2 Å². The second-order valence-corrected chi connectivity index (χ2v) is 3.91. The highest BCUT2D eigenvalue weighted by Crippen LogP contribution is 2.30. The van der Waals surface area contributed by atoms with Gasteiger partial charge in [-0.25, -0.2) is 8.78 Å². The molecule has 0 bridgehead atoms. The molecular weight excluding hydrogens is 214 g/mol. The summed E-state index contributed by atoms with van der Waals surface area (Å²) in [4.78, 5) is 16.1. The Labute approximate surface area is 92.1 Å². The zero-order chi connectivity index (χ0) is 11.6. The van der Waals surface area contributed by atoms with Gasteiger partial charge in [-0.1, -0.05) is 0 Å². The number of aldehydes is 1. The summed E-state index contributed by atoms with van der Waals surface area (Å²) < 4.78 is 26.5. The maximum atomic E-state index is 13.2. The van der Waals surface area contributed by atoms with Crippen LogP contribution >= 0.6 is 0 Å². The van der Waals surface area contributed by atoms with Gasteiger partial charge in [0.25, 0.3) is 5.92 Å². The van der Waals surface area contributed by atoms with Crippen LogP contribution in [-0.4, -0.2) is 30.3 Å². The molecule has 0 spiro atoms. The second-order valence-electron chi connectivity index (χ2n) is 3.91. The maximum absolute atomic E-state index is 13.2. The first-order valence-electron chi connectivity index (χ1n) is 5.15. The number of carbonyl (C=O) groups is 1. The van der Waals surface area contributed by atoms with Crippen molar-refractivity contribution in [1.29, 1.82) is 0 Å². The number of nitrogens with zero attached hydrogens (tertiary/aromatic N) is 2. The van der Waals surface area contributed by atoms with Crippen LogP contribution in [0, 0.1) is 0 Å². The summed E-state index contributed by atoms with van der Waals surface area (Å²) in [6.45, 7) is 0.210. The molecule has 2 heterocycles. The minimum absolute atomic E-state index is 0.0832. The Balaban J connectivity index is 2.26. The third-order valence-electron chi connectivity index (χ3n) is 2.66. The number of aromatic nitrogens is 1. The Morgan fingerprint density at radius 1 is 1.50 bits per heavy atom. The fraction of sp³-hybridized carbons (Fsp3) is 0.455. The van der Waals surface area contributed by atoms with E-state index in [2.05, 4.69) is 4.98 Å². The molecule has 3 nitrogen and oxygen atoms in total. The predicted octanol–water partition coefficient (Wildman–Crippen LogP) is 2.13. The highest BCUT2D eigenvalue weighted by Gasteiger charge is 2.35. The molecule has 0 aliphatic carbocycles. The largest absolute Gasteiger partial charge is 0.364 e. The summed E-state index contributed by atoms with van der Waals surface area (Å²) in [5, 5.41) is 0. The molecule has 16 heavy (non-hydrogen) atoms. The van der Waals surface area contributed by atoms with Crippen LogP contribution in [0.4, 0.5) is 14.5 Å². The van der Waals surface area contributed by atoms with Crippen LogP contribution in [0.5, 0.6) is 0 Å². The molecule has 0 aromatic carbocycles. The first-order valence-corrected chi connectivity index (χ1v) is 5.15. The summed E-state index contributed by atoms with van der Waals surface area (Å²) in [5.41, 5.74) is 0.720. The molecule has 0 N–H and O–H groups in total. The van der Waals surface area contributed by atoms with E-state index < -0.39 is 5.92 Å². The van der Waals surface area contributed by atoms with E-state index in [4.69, 9.17) is 0 Å². The summed E-state index contributed by atoms with van der Waals surface area (Å²) in [7, 11) is 0. The number of hydrogen-bond donors (Lipinski definition) is 0. The molecule has 0 unspecified atom stereocenters. The highest BCUT2D eigenvalue weighted by molar-refractivity contribution is 5.81. The summed E-state index contributed by atoms with van der Waals surface area (Å²) in [5.74, 6) is -2.67. The molecule has 1 fully saturated rings. The molecule has 1 aromatic rings. The summed E-state index contributed by atoms with van der Waals surface area (Å²) in [6, 6.07) is 3.30. The molecule has 0 radical (unpaired) electrons. The van der Waals surface area contributed by atoms with Crippen molar-refractivity contribution in [3.05, 3.63) is 24.0 Å². The van der Waals surface area contributed by atoms with E-state index in [0.717, 1.165) is 0 Å². The lowest BCUT2D eigenvalue weighted by molar-refractivity contribution is -0.0117. The summed E-state index contributed by atoms with van der Waals surface area (Å²) >= 11 is 0. The van der Waals surface area contributed by atoms with E-state index in [-0.39, 0.29) is 18.7 Å². The van der Waals surface area contributed by atoms with Crippen molar-refractivity contribution in [2.75, 3.05) is 18.0 Å². The van der Waals surface area contributed by atoms with Crippen molar-refractivity contribution in [2.45, 2.75) is 18.8 Å². The summed E-state index contributed by atoms with van der Waals surface area (Å²) in [6.07, 6.45) is 2.43. The molecule has 0 atom stereocenters. The molecule has 5 heteroatoms. The Kier molecular flexibility index (Phi) is 2.85. The van der Waals surface area contributed by atoms with Crippen molar-refractivity contribution in [3.8, 4) is 0 Å². The maximum Gasteiger partial charge on any atom is 0.265 e. The minimum atomic E-state index is -2.67. The lowest BCUT2D eigenvalue weighted by atomic mass is 10.1. The van der Waals surface area contributed by atoms with E-state index in [1.807, 2.05) is 0 Å². The number of alkyl halides is 2. The van der Waals surface area contributed by atoms with Crippen LogP contribution in [0.3, 0.4) is 0 Å². The molecule has 1 aliphatic rings. The van der Waals surface area contributed by atoms with Crippen LogP contribution in [-0.2, 0) is 0 Å². The van der Waals surface area contributed by atoms with Crippen molar-refractivity contribution < 1.29 is 13.6 Å². The van der Waals surface area contributed by atoms with E-state index in [0.29, 0.717) is 24.9 Å². The van der Waals surface area contributed by atoms with Crippen molar-refractivity contribution in [2.24, 2.45) is 0 Å². The third kappa shape index (κ3) is 2.18.